The molecule has 6 heteroatoms. The molecule has 0 N–H and O–H groups in total. The summed E-state index contributed by atoms with van der Waals surface area (Å²) < 4.78 is 0. The first-order valence-electron chi connectivity index (χ1n) is 6.66. The Kier molecular flexibility index (Phi) is 7.91. The van der Waals surface area contributed by atoms with Crippen LogP contribution >= 0.6 is 0 Å². The van der Waals surface area contributed by atoms with E-state index in [9.17, 15) is 9.59 Å². The summed E-state index contributed by atoms with van der Waals surface area (Å²) in [5.41, 5.74) is -1.50. The third-order valence-electron chi connectivity index (χ3n) is 2.44. The third kappa shape index (κ3) is 9.81. The van der Waals surface area contributed by atoms with Gasteiger partial charge in [-0.25, -0.2) is 9.59 Å². The zero-order valence-electron chi connectivity index (χ0n) is 13.1. The Morgan fingerprint density at radius 3 is 1.48 bits per heavy atom. The van der Waals surface area contributed by atoms with E-state index >= 15 is 0 Å². The quantitative estimate of drug-likeness (QED) is 0.351. The van der Waals surface area contributed by atoms with E-state index in [1.54, 1.807) is 27.7 Å². The Balaban J connectivity index is 3.84. The van der Waals surface area contributed by atoms with Gasteiger partial charge in [-0.3, -0.25) is 9.78 Å². The van der Waals surface area contributed by atoms with Gasteiger partial charge in [0.05, 0.1) is 0 Å². The van der Waals surface area contributed by atoms with Crippen molar-refractivity contribution in [1.82, 2.24) is 0 Å². The van der Waals surface area contributed by atoms with Crippen LogP contribution in [0.5, 0.6) is 0 Å². The highest BCUT2D eigenvalue weighted by Gasteiger charge is 2.19. The van der Waals surface area contributed by atoms with Crippen molar-refractivity contribution in [2.75, 3.05) is 0 Å². The highest BCUT2D eigenvalue weighted by atomic mass is 17.2. The molecule has 0 bridgehead atoms. The zero-order valence-corrected chi connectivity index (χ0v) is 13.1. The van der Waals surface area contributed by atoms with Crippen molar-refractivity contribution in [3.63, 3.8) is 0 Å². The first kappa shape index (κ1) is 19.3. The van der Waals surface area contributed by atoms with Crippen LogP contribution in [0.1, 0.15) is 47.0 Å². The van der Waals surface area contributed by atoms with Crippen molar-refractivity contribution in [3.8, 4) is 0 Å². The molecule has 6 nitrogen and oxygen atoms in total. The number of hydrogen-bond acceptors (Lipinski definition) is 6. The molecule has 0 atom stereocenters. The average molecular weight is 300 g/mol. The lowest BCUT2D eigenvalue weighted by Gasteiger charge is -2.18. The minimum atomic E-state index is -0.751. The van der Waals surface area contributed by atoms with Crippen LogP contribution in [0.15, 0.2) is 25.3 Å². The summed E-state index contributed by atoms with van der Waals surface area (Å²) in [7, 11) is 0. The lowest BCUT2D eigenvalue weighted by Crippen LogP contribution is -2.24. The molecular formula is C15H24O6. The normalized spacial score (nSPS) is 11.6. The molecule has 0 spiro atoms. The molecular weight excluding hydrogens is 276 g/mol. The van der Waals surface area contributed by atoms with Gasteiger partial charge >= 0.3 is 11.9 Å². The largest absolute Gasteiger partial charge is 0.342 e. The molecule has 120 valence electrons. The molecule has 0 saturated carbocycles. The van der Waals surface area contributed by atoms with Gasteiger partial charge in [0.2, 0.25) is 0 Å². The van der Waals surface area contributed by atoms with Crippen LogP contribution < -0.4 is 0 Å². The van der Waals surface area contributed by atoms with Gasteiger partial charge in [-0.15, -0.1) is 13.2 Å². The maximum absolute atomic E-state index is 11.4. The molecule has 0 radical (unpaired) electrons. The minimum absolute atomic E-state index is 0.0349. The predicted octanol–water partition coefficient (Wildman–Crippen LogP) is 3.04. The zero-order chi connectivity index (χ0) is 16.5. The van der Waals surface area contributed by atoms with Crippen LogP contribution in [0.4, 0.5) is 0 Å². The summed E-state index contributed by atoms with van der Waals surface area (Å²) in [6.45, 7) is 13.9. The van der Waals surface area contributed by atoms with E-state index in [-0.39, 0.29) is 19.3 Å². The molecule has 21 heavy (non-hydrogen) atoms. The van der Waals surface area contributed by atoms with Crippen LogP contribution in [-0.4, -0.2) is 23.1 Å². The number of rotatable bonds is 10. The van der Waals surface area contributed by atoms with Gasteiger partial charge in [0, 0.05) is 12.8 Å². The van der Waals surface area contributed by atoms with E-state index in [2.05, 4.69) is 22.9 Å². The third-order valence-corrected chi connectivity index (χ3v) is 2.44. The van der Waals surface area contributed by atoms with Gasteiger partial charge < -0.3 is 0 Å². The Morgan fingerprint density at radius 1 is 0.857 bits per heavy atom. The van der Waals surface area contributed by atoms with Crippen LogP contribution in [0, 0.1) is 0 Å². The summed E-state index contributed by atoms with van der Waals surface area (Å²) in [4.78, 5) is 41.7. The second-order valence-electron chi connectivity index (χ2n) is 5.55. The standard InChI is InChI=1S/C15H24O6/c1-7-14(3,4)20-18-12(16)10-9-11-13(17)19-21-15(5,6)8-2/h7-8H,1-2,9-11H2,3-6H3. The van der Waals surface area contributed by atoms with Crippen molar-refractivity contribution < 1.29 is 29.1 Å². The molecule has 0 aromatic heterocycles. The summed E-state index contributed by atoms with van der Waals surface area (Å²) >= 11 is 0. The van der Waals surface area contributed by atoms with Gasteiger partial charge in [0.1, 0.15) is 11.2 Å². The SMILES string of the molecule is C=CC(C)(C)OOC(=O)CCCC(=O)OOC(C)(C)C=C. The monoisotopic (exact) mass is 300 g/mol. The second-order valence-corrected chi connectivity index (χ2v) is 5.55. The first-order chi connectivity index (χ1) is 9.62. The lowest BCUT2D eigenvalue weighted by molar-refractivity contribution is -0.314. The van der Waals surface area contributed by atoms with Crippen LogP contribution in [0.25, 0.3) is 0 Å². The maximum atomic E-state index is 11.4. The fourth-order valence-electron chi connectivity index (χ4n) is 0.836. The highest BCUT2D eigenvalue weighted by Crippen LogP contribution is 2.13. The number of hydrogen-bond donors (Lipinski definition) is 0. The van der Waals surface area contributed by atoms with Gasteiger partial charge in [-0.05, 0) is 34.1 Å². The molecule has 0 fully saturated rings. The van der Waals surface area contributed by atoms with Crippen LogP contribution in [0.3, 0.4) is 0 Å². The summed E-state index contributed by atoms with van der Waals surface area (Å²) in [6, 6.07) is 0. The molecule has 0 aliphatic carbocycles. The molecule has 0 aromatic carbocycles. The second kappa shape index (κ2) is 8.59. The van der Waals surface area contributed by atoms with Crippen molar-refractivity contribution >= 4 is 11.9 Å². The summed E-state index contributed by atoms with van der Waals surface area (Å²) in [5.74, 6) is -1.13. The molecule has 0 aromatic rings. The maximum Gasteiger partial charge on any atom is 0.342 e. The topological polar surface area (TPSA) is 71.1 Å². The van der Waals surface area contributed by atoms with E-state index in [0.29, 0.717) is 0 Å². The Labute approximate surface area is 125 Å². The molecule has 0 aliphatic heterocycles. The van der Waals surface area contributed by atoms with E-state index in [1.807, 2.05) is 0 Å². The van der Waals surface area contributed by atoms with Crippen molar-refractivity contribution in [2.45, 2.75) is 58.2 Å². The van der Waals surface area contributed by atoms with Crippen LogP contribution in [-0.2, 0) is 29.1 Å². The minimum Gasteiger partial charge on any atom is -0.297 e. The van der Waals surface area contributed by atoms with Crippen molar-refractivity contribution in [3.05, 3.63) is 25.3 Å². The molecule has 0 aliphatic rings. The van der Waals surface area contributed by atoms with Crippen molar-refractivity contribution in [1.29, 1.82) is 0 Å². The number of carbonyl (C=O) groups is 2. The highest BCUT2D eigenvalue weighted by molar-refractivity contribution is 5.71. The van der Waals surface area contributed by atoms with E-state index in [4.69, 9.17) is 9.78 Å². The van der Waals surface area contributed by atoms with Crippen molar-refractivity contribution in [2.24, 2.45) is 0 Å². The fraction of sp³-hybridized carbons (Fsp3) is 0.600. The molecule has 0 saturated heterocycles. The van der Waals surface area contributed by atoms with E-state index in [1.165, 1.54) is 12.2 Å². The summed E-state index contributed by atoms with van der Waals surface area (Å²) in [6.07, 6.45) is 3.36. The predicted molar refractivity (Wildman–Crippen MR) is 76.8 cm³/mol. The summed E-state index contributed by atoms with van der Waals surface area (Å²) in [5, 5.41) is 0. The average Bonchev–Trinajstić information content (AvgIpc) is 2.43. The fourth-order valence-corrected chi connectivity index (χ4v) is 0.836. The Hall–Kier alpha value is -1.66. The van der Waals surface area contributed by atoms with E-state index in [0.717, 1.165) is 0 Å². The Morgan fingerprint density at radius 2 is 1.19 bits per heavy atom. The van der Waals surface area contributed by atoms with Gasteiger partial charge in [0.25, 0.3) is 0 Å². The molecule has 0 unspecified atom stereocenters. The Bertz CT molecular complexity index is 348. The number of carbonyl (C=O) groups excluding carboxylic acids is 2. The van der Waals surface area contributed by atoms with E-state index < -0.39 is 23.1 Å². The van der Waals surface area contributed by atoms with Gasteiger partial charge in [-0.2, -0.15) is 9.78 Å². The van der Waals surface area contributed by atoms with Crippen LogP contribution in [0.2, 0.25) is 0 Å². The smallest absolute Gasteiger partial charge is 0.297 e. The van der Waals surface area contributed by atoms with Gasteiger partial charge in [-0.1, -0.05) is 12.2 Å². The first-order valence-corrected chi connectivity index (χ1v) is 6.66. The molecule has 0 amide bonds. The lowest BCUT2D eigenvalue weighted by atomic mass is 10.1. The molecule has 0 heterocycles. The van der Waals surface area contributed by atoms with Gasteiger partial charge in [0.15, 0.2) is 0 Å². The molecule has 0 rings (SSSR count).